The molecule has 9 heteroatoms. The fourth-order valence-electron chi connectivity index (χ4n) is 1.24. The van der Waals surface area contributed by atoms with Crippen LogP contribution >= 0.6 is 15.9 Å². The van der Waals surface area contributed by atoms with Gasteiger partial charge in [0.05, 0.1) is 17.1 Å². The van der Waals surface area contributed by atoms with Gasteiger partial charge in [-0.15, -0.1) is 0 Å². The Morgan fingerprint density at radius 2 is 2.28 bits per heavy atom. The Hall–Kier alpha value is -1.64. The number of hydrogen-bond acceptors (Lipinski definition) is 5. The van der Waals surface area contributed by atoms with Gasteiger partial charge < -0.3 is 4.74 Å². The number of hydrogen-bond donors (Lipinski definition) is 0. The van der Waals surface area contributed by atoms with Crippen LogP contribution in [0.4, 0.5) is 14.5 Å². The summed E-state index contributed by atoms with van der Waals surface area (Å²) in [6.07, 6.45) is -2.36. The maximum absolute atomic E-state index is 12.7. The molecular formula is C9H7BrF2N2O4. The van der Waals surface area contributed by atoms with Gasteiger partial charge in [-0.3, -0.25) is 10.1 Å². The van der Waals surface area contributed by atoms with E-state index in [-0.39, 0.29) is 11.2 Å². The first-order valence-electron chi connectivity index (χ1n) is 4.68. The van der Waals surface area contributed by atoms with E-state index in [1.807, 2.05) is 0 Å². The first kappa shape index (κ1) is 14.4. The maximum Gasteiger partial charge on any atom is 0.345 e. The van der Waals surface area contributed by atoms with Gasteiger partial charge in [0.1, 0.15) is 0 Å². The molecule has 0 radical (unpaired) electrons. The Labute approximate surface area is 108 Å². The lowest BCUT2D eigenvalue weighted by atomic mass is 10.1. The third-order valence-corrected chi connectivity index (χ3v) is 2.52. The van der Waals surface area contributed by atoms with Crippen molar-refractivity contribution >= 4 is 27.6 Å². The zero-order valence-corrected chi connectivity index (χ0v) is 10.6. The highest BCUT2D eigenvalue weighted by Gasteiger charge is 2.32. The maximum atomic E-state index is 12.7. The number of pyridine rings is 1. The smallest absolute Gasteiger partial charge is 0.345 e. The number of alkyl halides is 2. The first-order valence-corrected chi connectivity index (χ1v) is 5.47. The van der Waals surface area contributed by atoms with Crippen molar-refractivity contribution in [3.8, 4) is 0 Å². The molecule has 0 aliphatic heterocycles. The number of esters is 1. The number of carbonyl (C=O) groups excluding carboxylic acids is 1. The number of nitro groups is 1. The van der Waals surface area contributed by atoms with Crippen LogP contribution in [0, 0.1) is 10.1 Å². The summed E-state index contributed by atoms with van der Waals surface area (Å²) < 4.78 is 29.7. The SMILES string of the molecule is CCOC(=O)c1c(C(F)F)cnc(Br)c1[N+](=O)[O-]. The van der Waals surface area contributed by atoms with Crippen molar-refractivity contribution in [1.29, 1.82) is 0 Å². The molecule has 18 heavy (non-hydrogen) atoms. The second-order valence-corrected chi connectivity index (χ2v) is 3.76. The molecule has 0 unspecified atom stereocenters. The van der Waals surface area contributed by atoms with Gasteiger partial charge in [0, 0.05) is 6.20 Å². The van der Waals surface area contributed by atoms with Crippen LogP contribution in [0.5, 0.6) is 0 Å². The molecule has 0 amide bonds. The van der Waals surface area contributed by atoms with Crippen LogP contribution in [0.3, 0.4) is 0 Å². The lowest BCUT2D eigenvalue weighted by molar-refractivity contribution is -0.386. The van der Waals surface area contributed by atoms with E-state index in [4.69, 9.17) is 0 Å². The van der Waals surface area contributed by atoms with E-state index in [9.17, 15) is 23.7 Å². The van der Waals surface area contributed by atoms with Crippen LogP contribution < -0.4 is 0 Å². The molecule has 0 spiro atoms. The minimum atomic E-state index is -3.07. The largest absolute Gasteiger partial charge is 0.462 e. The molecule has 0 bridgehead atoms. The Morgan fingerprint density at radius 3 is 2.72 bits per heavy atom. The number of ether oxygens (including phenoxy) is 1. The summed E-state index contributed by atoms with van der Waals surface area (Å²) >= 11 is 2.74. The molecule has 0 saturated carbocycles. The van der Waals surface area contributed by atoms with Crippen LogP contribution in [-0.2, 0) is 4.74 Å². The highest BCUT2D eigenvalue weighted by molar-refractivity contribution is 9.10. The average Bonchev–Trinajstić information content (AvgIpc) is 2.27. The van der Waals surface area contributed by atoms with E-state index >= 15 is 0 Å². The summed E-state index contributed by atoms with van der Waals surface area (Å²) in [5.74, 6) is -1.18. The molecule has 0 saturated heterocycles. The van der Waals surface area contributed by atoms with Gasteiger partial charge in [-0.1, -0.05) is 0 Å². The van der Waals surface area contributed by atoms with Crippen molar-refractivity contribution in [2.75, 3.05) is 6.61 Å². The van der Waals surface area contributed by atoms with E-state index < -0.39 is 34.1 Å². The highest BCUT2D eigenvalue weighted by Crippen LogP contribution is 2.34. The van der Waals surface area contributed by atoms with E-state index in [0.717, 1.165) is 0 Å². The molecule has 0 atom stereocenters. The number of aromatic nitrogens is 1. The molecular weight excluding hydrogens is 318 g/mol. The Balaban J connectivity index is 3.53. The topological polar surface area (TPSA) is 82.3 Å². The minimum Gasteiger partial charge on any atom is -0.462 e. The average molecular weight is 325 g/mol. The van der Waals surface area contributed by atoms with E-state index in [1.165, 1.54) is 6.92 Å². The first-order chi connectivity index (χ1) is 8.40. The third-order valence-electron chi connectivity index (χ3n) is 1.94. The van der Waals surface area contributed by atoms with Crippen molar-refractivity contribution in [1.82, 2.24) is 4.98 Å². The fourth-order valence-corrected chi connectivity index (χ4v) is 1.69. The quantitative estimate of drug-likeness (QED) is 0.368. The molecule has 0 aliphatic carbocycles. The second-order valence-electron chi connectivity index (χ2n) is 3.01. The van der Waals surface area contributed by atoms with Gasteiger partial charge >= 0.3 is 11.7 Å². The zero-order valence-electron chi connectivity index (χ0n) is 9.02. The van der Waals surface area contributed by atoms with Crippen LogP contribution in [0.15, 0.2) is 10.8 Å². The van der Waals surface area contributed by atoms with Crippen LogP contribution in [0.1, 0.15) is 29.3 Å². The predicted octanol–water partition coefficient (Wildman–Crippen LogP) is 2.87. The van der Waals surface area contributed by atoms with Crippen molar-refractivity contribution in [2.45, 2.75) is 13.3 Å². The van der Waals surface area contributed by atoms with E-state index in [2.05, 4.69) is 25.7 Å². The van der Waals surface area contributed by atoms with Crippen molar-refractivity contribution in [2.24, 2.45) is 0 Å². The fraction of sp³-hybridized carbons (Fsp3) is 0.333. The lowest BCUT2D eigenvalue weighted by Gasteiger charge is -2.08. The Bertz CT molecular complexity index is 496. The van der Waals surface area contributed by atoms with Crippen molar-refractivity contribution in [3.63, 3.8) is 0 Å². The molecule has 98 valence electrons. The van der Waals surface area contributed by atoms with Crippen molar-refractivity contribution < 1.29 is 23.2 Å². The minimum absolute atomic E-state index is 0.0847. The van der Waals surface area contributed by atoms with E-state index in [1.54, 1.807) is 0 Å². The molecule has 0 aliphatic rings. The molecule has 1 heterocycles. The van der Waals surface area contributed by atoms with E-state index in [0.29, 0.717) is 6.20 Å². The van der Waals surface area contributed by atoms with Gasteiger partial charge in [-0.2, -0.15) is 0 Å². The normalized spacial score (nSPS) is 10.5. The number of rotatable bonds is 4. The summed E-state index contributed by atoms with van der Waals surface area (Å²) in [5, 5.41) is 10.8. The third kappa shape index (κ3) is 2.78. The summed E-state index contributed by atoms with van der Waals surface area (Å²) in [5.41, 5.74) is -2.44. The molecule has 1 rings (SSSR count). The standard InChI is InChI=1S/C9H7BrF2N2O4/c1-2-18-9(15)5-4(8(11)12)3-13-7(10)6(5)14(16)17/h3,8H,2H2,1H3. The Kier molecular flexibility index (Phi) is 4.65. The summed E-state index contributed by atoms with van der Waals surface area (Å²) in [6.45, 7) is 1.38. The molecule has 0 N–H and O–H groups in total. The summed E-state index contributed by atoms with van der Waals surface area (Å²) in [4.78, 5) is 24.8. The number of carbonyl (C=O) groups is 1. The van der Waals surface area contributed by atoms with Gasteiger partial charge in [-0.25, -0.2) is 18.6 Å². The monoisotopic (exact) mass is 324 g/mol. The van der Waals surface area contributed by atoms with Crippen LogP contribution in [-0.4, -0.2) is 22.5 Å². The zero-order chi connectivity index (χ0) is 13.9. The number of halogens is 3. The van der Waals surface area contributed by atoms with Gasteiger partial charge in [0.25, 0.3) is 6.43 Å². The summed E-state index contributed by atoms with van der Waals surface area (Å²) in [6, 6.07) is 0. The van der Waals surface area contributed by atoms with Gasteiger partial charge in [0.2, 0.25) is 0 Å². The molecule has 0 fully saturated rings. The van der Waals surface area contributed by atoms with Gasteiger partial charge in [-0.05, 0) is 22.9 Å². The molecule has 0 aromatic carbocycles. The molecule has 1 aromatic heterocycles. The lowest BCUT2D eigenvalue weighted by Crippen LogP contribution is -2.13. The van der Waals surface area contributed by atoms with Gasteiger partial charge in [0.15, 0.2) is 10.2 Å². The van der Waals surface area contributed by atoms with Crippen LogP contribution in [0.25, 0.3) is 0 Å². The Morgan fingerprint density at radius 1 is 1.67 bits per heavy atom. The van der Waals surface area contributed by atoms with Crippen molar-refractivity contribution in [3.05, 3.63) is 32.0 Å². The summed E-state index contributed by atoms with van der Waals surface area (Å²) in [7, 11) is 0. The number of nitrogens with zero attached hydrogens (tertiary/aromatic N) is 2. The predicted molar refractivity (Wildman–Crippen MR) is 59.5 cm³/mol. The second kappa shape index (κ2) is 5.80. The molecule has 1 aromatic rings. The molecule has 6 nitrogen and oxygen atoms in total. The van der Waals surface area contributed by atoms with Crippen LogP contribution in [0.2, 0.25) is 0 Å². The highest BCUT2D eigenvalue weighted by atomic mass is 79.9.